The highest BCUT2D eigenvalue weighted by molar-refractivity contribution is 6.17. The molecule has 2 nitrogen and oxygen atoms in total. The smallest absolute Gasteiger partial charge is 0.0462 e. The maximum atomic E-state index is 2.43. The molecule has 0 saturated carbocycles. The minimum atomic E-state index is -0.0546. The quantitative estimate of drug-likeness (QED) is 0.133. The van der Waals surface area contributed by atoms with Gasteiger partial charge < -0.3 is 9.80 Å². The Morgan fingerprint density at radius 1 is 0.222 bits per heavy atom. The van der Waals surface area contributed by atoms with Gasteiger partial charge in [-0.15, -0.1) is 0 Å². The van der Waals surface area contributed by atoms with Gasteiger partial charge in [0.05, 0.1) is 0 Å². The Morgan fingerprint density at radius 2 is 0.514 bits per heavy atom. The van der Waals surface area contributed by atoms with Crippen molar-refractivity contribution in [2.24, 2.45) is 0 Å². The van der Waals surface area contributed by atoms with Crippen LogP contribution < -0.4 is 9.80 Å². The van der Waals surface area contributed by atoms with Crippen molar-refractivity contribution in [2.75, 3.05) is 9.80 Å². The highest BCUT2D eigenvalue weighted by atomic mass is 15.1. The van der Waals surface area contributed by atoms with E-state index >= 15 is 0 Å². The van der Waals surface area contributed by atoms with E-state index in [9.17, 15) is 0 Å². The Hall–Kier alpha value is -8.72. The predicted octanol–water partition coefficient (Wildman–Crippen LogP) is 19.5. The van der Waals surface area contributed by atoms with Gasteiger partial charge in [-0.1, -0.05) is 173 Å². The van der Waals surface area contributed by atoms with Crippen LogP contribution in [0.3, 0.4) is 0 Å². The first-order valence-electron chi connectivity index (χ1n) is 25.3. The molecule has 0 N–H and O–H groups in total. The molecule has 0 aromatic heterocycles. The SMILES string of the molecule is CC1(C)c2cccc3ccc4cc(-c5ccc(N(c6ccccc6)c6ccc(-c7ccc(N(c8ccccc8)c8ccc(-c9cc%10c%11c(ccc%12cccc(c%12%11)C%10(C)C)c9)cc8)cc7)cc6)cc5)cc1c4c23. The van der Waals surface area contributed by atoms with Gasteiger partial charge in [0, 0.05) is 45.0 Å². The fourth-order valence-corrected chi connectivity index (χ4v) is 12.4. The third kappa shape index (κ3) is 6.49. The first kappa shape index (κ1) is 42.2. The van der Waals surface area contributed by atoms with Crippen molar-refractivity contribution in [3.8, 4) is 33.4 Å². The van der Waals surface area contributed by atoms with Crippen LogP contribution in [0.15, 0.2) is 243 Å². The van der Waals surface area contributed by atoms with Crippen molar-refractivity contribution in [1.82, 2.24) is 0 Å². The molecule has 0 spiro atoms. The fraction of sp³-hybridized carbons (Fsp3) is 0.0857. The van der Waals surface area contributed by atoms with E-state index in [1.54, 1.807) is 0 Å². The number of hydrogen-bond donors (Lipinski definition) is 0. The van der Waals surface area contributed by atoms with E-state index in [1.165, 1.54) is 98.7 Å². The second-order valence-electron chi connectivity index (χ2n) is 21.0. The van der Waals surface area contributed by atoms with Gasteiger partial charge in [0.1, 0.15) is 0 Å². The minimum Gasteiger partial charge on any atom is -0.311 e. The van der Waals surface area contributed by atoms with Crippen LogP contribution in [-0.2, 0) is 10.8 Å². The zero-order valence-corrected chi connectivity index (χ0v) is 41.0. The first-order chi connectivity index (χ1) is 35.2. The van der Waals surface area contributed by atoms with Crippen molar-refractivity contribution >= 4 is 77.2 Å². The molecule has 14 rings (SSSR count). The fourth-order valence-electron chi connectivity index (χ4n) is 12.4. The summed E-state index contributed by atoms with van der Waals surface area (Å²) in [5, 5.41) is 10.9. The van der Waals surface area contributed by atoms with Crippen LogP contribution in [0.1, 0.15) is 49.9 Å². The summed E-state index contributed by atoms with van der Waals surface area (Å²) in [6.45, 7) is 9.49. The van der Waals surface area contributed by atoms with Crippen LogP contribution in [0, 0.1) is 0 Å². The van der Waals surface area contributed by atoms with Gasteiger partial charge in [0.2, 0.25) is 0 Å². The molecule has 72 heavy (non-hydrogen) atoms. The van der Waals surface area contributed by atoms with Crippen LogP contribution in [0.5, 0.6) is 0 Å². The molecular weight excluding hydrogens is 869 g/mol. The molecule has 0 atom stereocenters. The highest BCUT2D eigenvalue weighted by Crippen LogP contribution is 2.52. The van der Waals surface area contributed by atoms with E-state index < -0.39 is 0 Å². The molecule has 0 unspecified atom stereocenters. The molecule has 0 saturated heterocycles. The number of benzene rings is 12. The van der Waals surface area contributed by atoms with E-state index in [1.807, 2.05) is 0 Å². The lowest BCUT2D eigenvalue weighted by Gasteiger charge is -2.26. The summed E-state index contributed by atoms with van der Waals surface area (Å²) in [7, 11) is 0. The van der Waals surface area contributed by atoms with Crippen LogP contribution in [-0.4, -0.2) is 0 Å². The van der Waals surface area contributed by atoms with Crippen molar-refractivity contribution < 1.29 is 0 Å². The monoisotopic (exact) mass is 920 g/mol. The maximum absolute atomic E-state index is 2.43. The van der Waals surface area contributed by atoms with E-state index in [2.05, 4.69) is 280 Å². The summed E-state index contributed by atoms with van der Waals surface area (Å²) in [4.78, 5) is 4.70. The highest BCUT2D eigenvalue weighted by Gasteiger charge is 2.35. The Labute approximate surface area is 421 Å². The molecule has 2 aliphatic rings. The largest absolute Gasteiger partial charge is 0.311 e. The van der Waals surface area contributed by atoms with E-state index in [-0.39, 0.29) is 10.8 Å². The maximum Gasteiger partial charge on any atom is 0.0462 e. The van der Waals surface area contributed by atoms with E-state index in [0.717, 1.165) is 34.1 Å². The van der Waals surface area contributed by atoms with Gasteiger partial charge >= 0.3 is 0 Å². The first-order valence-corrected chi connectivity index (χ1v) is 25.3. The summed E-state index contributed by atoms with van der Waals surface area (Å²) < 4.78 is 0. The molecule has 0 radical (unpaired) electrons. The summed E-state index contributed by atoms with van der Waals surface area (Å²) in [6, 6.07) is 89.9. The molecule has 2 heteroatoms. The average molecular weight is 921 g/mol. The lowest BCUT2D eigenvalue weighted by Crippen LogP contribution is -2.15. The molecule has 12 aromatic rings. The molecule has 12 aromatic carbocycles. The van der Waals surface area contributed by atoms with Crippen LogP contribution in [0.4, 0.5) is 34.1 Å². The zero-order chi connectivity index (χ0) is 48.3. The average Bonchev–Trinajstić information content (AvgIpc) is 3.81. The molecule has 0 bridgehead atoms. The Bertz CT molecular complexity index is 3820. The molecule has 0 aliphatic heterocycles. The molecule has 342 valence electrons. The topological polar surface area (TPSA) is 6.48 Å². The number of para-hydroxylation sites is 2. The standard InChI is InChI=1S/C70H52N2/c1-69(2)61-19-11-13-49-21-23-51-41-53(43-63(69)67(51)65(49)61)47-29-37-59(38-30-47)71(55-15-7-5-8-16-55)57-33-25-45(26-34-57)46-27-35-58(36-28-46)72(56-17-9-6-10-18-56)60-39-31-48(32-40-60)54-42-52-24-22-50-14-12-20-62-66(50)68(52)64(44-54)70(62,3)4/h5-44H,1-4H3. The Morgan fingerprint density at radius 3 is 0.861 bits per heavy atom. The van der Waals surface area contributed by atoms with Gasteiger partial charge in [-0.3, -0.25) is 0 Å². The number of hydrogen-bond acceptors (Lipinski definition) is 2. The normalized spacial score (nSPS) is 13.8. The summed E-state index contributed by atoms with van der Waals surface area (Å²) in [5.41, 5.74) is 19.5. The zero-order valence-electron chi connectivity index (χ0n) is 41.0. The minimum absolute atomic E-state index is 0.0546. The molecular formula is C70H52N2. The predicted molar refractivity (Wildman–Crippen MR) is 306 cm³/mol. The summed E-state index contributed by atoms with van der Waals surface area (Å²) in [6.07, 6.45) is 0. The second kappa shape index (κ2) is 15.9. The Balaban J connectivity index is 0.749. The molecule has 2 aliphatic carbocycles. The van der Waals surface area contributed by atoms with Gasteiger partial charge in [-0.2, -0.15) is 0 Å². The van der Waals surface area contributed by atoms with Gasteiger partial charge in [-0.25, -0.2) is 0 Å². The van der Waals surface area contributed by atoms with Crippen molar-refractivity contribution in [3.05, 3.63) is 265 Å². The van der Waals surface area contributed by atoms with Gasteiger partial charge in [0.25, 0.3) is 0 Å². The molecule has 0 fully saturated rings. The van der Waals surface area contributed by atoms with Crippen molar-refractivity contribution in [1.29, 1.82) is 0 Å². The molecule has 0 amide bonds. The molecule has 0 heterocycles. The van der Waals surface area contributed by atoms with Gasteiger partial charge in [0.15, 0.2) is 0 Å². The van der Waals surface area contributed by atoms with Crippen LogP contribution in [0.2, 0.25) is 0 Å². The summed E-state index contributed by atoms with van der Waals surface area (Å²) >= 11 is 0. The van der Waals surface area contributed by atoms with Gasteiger partial charge in [-0.05, 0) is 196 Å². The van der Waals surface area contributed by atoms with E-state index in [4.69, 9.17) is 0 Å². The Kier molecular flexibility index (Phi) is 9.32. The number of anilines is 6. The lowest BCUT2D eigenvalue weighted by atomic mass is 9.81. The third-order valence-electron chi connectivity index (χ3n) is 16.1. The number of nitrogens with zero attached hydrogens (tertiary/aromatic N) is 2. The second-order valence-corrected chi connectivity index (χ2v) is 21.0. The van der Waals surface area contributed by atoms with Crippen LogP contribution in [0.25, 0.3) is 76.5 Å². The third-order valence-corrected chi connectivity index (χ3v) is 16.1. The number of rotatable bonds is 9. The van der Waals surface area contributed by atoms with E-state index in [0.29, 0.717) is 0 Å². The van der Waals surface area contributed by atoms with Crippen molar-refractivity contribution in [3.63, 3.8) is 0 Å². The lowest BCUT2D eigenvalue weighted by molar-refractivity contribution is 0.663. The van der Waals surface area contributed by atoms with Crippen LogP contribution >= 0.6 is 0 Å². The summed E-state index contributed by atoms with van der Waals surface area (Å²) in [5.74, 6) is 0. The van der Waals surface area contributed by atoms with Crippen molar-refractivity contribution in [2.45, 2.75) is 38.5 Å².